The Labute approximate surface area is 197 Å². The molecule has 2 aromatic carbocycles. The first-order valence-corrected chi connectivity index (χ1v) is 11.3. The lowest BCUT2D eigenvalue weighted by Gasteiger charge is -2.13. The van der Waals surface area contributed by atoms with Gasteiger partial charge in [-0.1, -0.05) is 29.5 Å². The number of anilines is 1. The molecule has 180 valence electrons. The van der Waals surface area contributed by atoms with Gasteiger partial charge in [-0.05, 0) is 41.8 Å². The lowest BCUT2D eigenvalue weighted by atomic mass is 10.0. The van der Waals surface area contributed by atoms with Gasteiger partial charge in [0.25, 0.3) is 0 Å². The van der Waals surface area contributed by atoms with Crippen LogP contribution in [0.4, 0.5) is 18.3 Å². The summed E-state index contributed by atoms with van der Waals surface area (Å²) < 4.78 is 45.1. The smallest absolute Gasteiger partial charge is 0.378 e. The van der Waals surface area contributed by atoms with Crippen molar-refractivity contribution >= 4 is 27.5 Å². The zero-order valence-electron chi connectivity index (χ0n) is 18.6. The molecular weight excluding hydrogens is 467 g/mol. The zero-order chi connectivity index (χ0) is 24.5. The number of halogens is 3. The Kier molecular flexibility index (Phi) is 6.78. The molecule has 0 fully saturated rings. The molecule has 4 N–H and O–H groups in total. The molecule has 34 heavy (non-hydrogen) atoms. The monoisotopic (exact) mass is 491 g/mol. The third-order valence-electron chi connectivity index (χ3n) is 5.44. The average molecular weight is 492 g/mol. The Morgan fingerprint density at radius 2 is 1.97 bits per heavy atom. The SMILES string of the molecule is COCc1nc(NC[C@H](N)Cc2ccc(C(F)(F)F)cc2)sc1-c1ccc2[nH]c(=O)n(C)c2c1. The minimum Gasteiger partial charge on any atom is -0.378 e. The molecule has 4 aromatic rings. The molecule has 0 saturated heterocycles. The molecule has 11 heteroatoms. The fourth-order valence-corrected chi connectivity index (χ4v) is 4.65. The van der Waals surface area contributed by atoms with Crippen molar-refractivity contribution in [3.63, 3.8) is 0 Å². The van der Waals surface area contributed by atoms with Gasteiger partial charge < -0.3 is 20.8 Å². The van der Waals surface area contributed by atoms with Crippen molar-refractivity contribution in [2.75, 3.05) is 19.0 Å². The number of nitrogens with zero attached hydrogens (tertiary/aromatic N) is 2. The number of imidazole rings is 1. The number of aromatic nitrogens is 3. The van der Waals surface area contributed by atoms with E-state index in [2.05, 4.69) is 15.3 Å². The summed E-state index contributed by atoms with van der Waals surface area (Å²) in [5.74, 6) is 0. The molecular formula is C23H24F3N5O2S. The fraction of sp³-hybridized carbons (Fsp3) is 0.304. The molecule has 0 aliphatic carbocycles. The summed E-state index contributed by atoms with van der Waals surface area (Å²) in [6.45, 7) is 0.709. The molecule has 7 nitrogen and oxygen atoms in total. The molecule has 2 heterocycles. The van der Waals surface area contributed by atoms with Crippen molar-refractivity contribution in [1.29, 1.82) is 0 Å². The second-order valence-electron chi connectivity index (χ2n) is 7.99. The van der Waals surface area contributed by atoms with Gasteiger partial charge in [-0.15, -0.1) is 0 Å². The van der Waals surface area contributed by atoms with E-state index in [0.29, 0.717) is 24.7 Å². The number of benzene rings is 2. The normalized spacial score (nSPS) is 12.9. The Hall–Kier alpha value is -3.15. The van der Waals surface area contributed by atoms with Crippen LogP contribution in [-0.2, 0) is 31.0 Å². The molecule has 0 unspecified atom stereocenters. The highest BCUT2D eigenvalue weighted by molar-refractivity contribution is 7.19. The number of hydrogen-bond donors (Lipinski definition) is 3. The van der Waals surface area contributed by atoms with Crippen LogP contribution < -0.4 is 16.7 Å². The number of hydrogen-bond acceptors (Lipinski definition) is 6. The minimum absolute atomic E-state index is 0.182. The standard InChI is InChI=1S/C23H24F3N5O2S/c1-31-19-10-14(5-8-17(19)30-22(31)32)20-18(12-33-2)29-21(34-20)28-11-16(27)9-13-3-6-15(7-4-13)23(24,25)26/h3-8,10,16H,9,11-12,27H2,1-2H3,(H,28,29)(H,30,32)/t16-/m1/s1. The van der Waals surface area contributed by atoms with Crippen molar-refractivity contribution in [2.45, 2.75) is 25.2 Å². The minimum atomic E-state index is -4.36. The van der Waals surface area contributed by atoms with Gasteiger partial charge in [-0.25, -0.2) is 9.78 Å². The molecule has 0 aliphatic rings. The Morgan fingerprint density at radius 3 is 2.65 bits per heavy atom. The first kappa shape index (κ1) is 24.0. The number of H-pyrrole nitrogens is 1. The maximum absolute atomic E-state index is 12.7. The van der Waals surface area contributed by atoms with Gasteiger partial charge in [-0.2, -0.15) is 13.2 Å². The molecule has 0 aliphatic heterocycles. The summed E-state index contributed by atoms with van der Waals surface area (Å²) in [6, 6.07) is 10.4. The van der Waals surface area contributed by atoms with Crippen molar-refractivity contribution in [3.05, 3.63) is 69.8 Å². The molecule has 0 amide bonds. The van der Waals surface area contributed by atoms with E-state index in [1.807, 2.05) is 18.2 Å². The molecule has 4 rings (SSSR count). The second kappa shape index (κ2) is 9.61. The summed E-state index contributed by atoms with van der Waals surface area (Å²) in [6.07, 6.45) is -3.93. The topological polar surface area (TPSA) is 98.0 Å². The maximum atomic E-state index is 12.7. The van der Waals surface area contributed by atoms with E-state index < -0.39 is 11.7 Å². The molecule has 1 atom stereocenters. The first-order chi connectivity index (χ1) is 16.2. The Morgan fingerprint density at radius 1 is 1.24 bits per heavy atom. The summed E-state index contributed by atoms with van der Waals surface area (Å²) in [5, 5.41) is 3.89. The predicted octanol–water partition coefficient (Wildman–Crippen LogP) is 4.14. The van der Waals surface area contributed by atoms with Crippen LogP contribution in [0.3, 0.4) is 0 Å². The first-order valence-electron chi connectivity index (χ1n) is 10.5. The van der Waals surface area contributed by atoms with Crippen LogP contribution in [-0.4, -0.2) is 34.2 Å². The molecule has 0 spiro atoms. The van der Waals surface area contributed by atoms with E-state index >= 15 is 0 Å². The van der Waals surface area contributed by atoms with Gasteiger partial charge in [0, 0.05) is 26.7 Å². The van der Waals surface area contributed by atoms with Crippen LogP contribution in [0.25, 0.3) is 21.5 Å². The molecule has 0 bridgehead atoms. The quantitative estimate of drug-likeness (QED) is 0.344. The number of fused-ring (bicyclic) bond motifs is 1. The summed E-state index contributed by atoms with van der Waals surface area (Å²) in [7, 11) is 3.30. The number of aryl methyl sites for hydroxylation is 1. The zero-order valence-corrected chi connectivity index (χ0v) is 19.4. The van der Waals surface area contributed by atoms with Gasteiger partial charge in [0.1, 0.15) is 0 Å². The van der Waals surface area contributed by atoms with Crippen molar-refractivity contribution < 1.29 is 17.9 Å². The lowest BCUT2D eigenvalue weighted by Crippen LogP contribution is -2.31. The Bertz CT molecular complexity index is 1340. The molecule has 0 saturated carbocycles. The highest BCUT2D eigenvalue weighted by Gasteiger charge is 2.30. The fourth-order valence-electron chi connectivity index (χ4n) is 3.68. The second-order valence-corrected chi connectivity index (χ2v) is 8.99. The number of thiazole rings is 1. The predicted molar refractivity (Wildman–Crippen MR) is 127 cm³/mol. The van der Waals surface area contributed by atoms with Gasteiger partial charge in [0.05, 0.1) is 33.8 Å². The van der Waals surface area contributed by atoms with Crippen LogP contribution in [0.5, 0.6) is 0 Å². The number of aromatic amines is 1. The van der Waals surface area contributed by atoms with E-state index in [0.717, 1.165) is 44.9 Å². The summed E-state index contributed by atoms with van der Waals surface area (Å²) in [4.78, 5) is 20.2. The van der Waals surface area contributed by atoms with Crippen LogP contribution in [0.1, 0.15) is 16.8 Å². The third kappa shape index (κ3) is 5.16. The number of nitrogens with two attached hydrogens (primary N) is 1. The number of alkyl halides is 3. The van der Waals surface area contributed by atoms with E-state index in [9.17, 15) is 18.0 Å². The van der Waals surface area contributed by atoms with Gasteiger partial charge in [0.15, 0.2) is 5.13 Å². The van der Waals surface area contributed by atoms with Gasteiger partial charge >= 0.3 is 11.9 Å². The van der Waals surface area contributed by atoms with Crippen molar-refractivity contribution in [2.24, 2.45) is 12.8 Å². The average Bonchev–Trinajstić information content (AvgIpc) is 3.32. The van der Waals surface area contributed by atoms with E-state index in [-0.39, 0.29) is 11.7 Å². The van der Waals surface area contributed by atoms with Gasteiger partial charge in [0.2, 0.25) is 0 Å². The van der Waals surface area contributed by atoms with Crippen LogP contribution in [0, 0.1) is 0 Å². The third-order valence-corrected chi connectivity index (χ3v) is 6.54. The van der Waals surface area contributed by atoms with Gasteiger partial charge in [-0.3, -0.25) is 4.57 Å². The number of nitrogens with one attached hydrogen (secondary N) is 2. The maximum Gasteiger partial charge on any atom is 0.416 e. The van der Waals surface area contributed by atoms with Crippen LogP contribution in [0.15, 0.2) is 47.3 Å². The largest absolute Gasteiger partial charge is 0.416 e. The molecule has 0 radical (unpaired) electrons. The van der Waals surface area contributed by atoms with E-state index in [4.69, 9.17) is 10.5 Å². The molecule has 2 aromatic heterocycles. The highest BCUT2D eigenvalue weighted by atomic mass is 32.1. The lowest BCUT2D eigenvalue weighted by molar-refractivity contribution is -0.137. The van der Waals surface area contributed by atoms with E-state index in [1.165, 1.54) is 23.5 Å². The summed E-state index contributed by atoms with van der Waals surface area (Å²) in [5.41, 5.74) is 9.28. The number of methoxy groups -OCH3 is 1. The Balaban J connectivity index is 1.47. The highest BCUT2D eigenvalue weighted by Crippen LogP contribution is 2.35. The van der Waals surface area contributed by atoms with Crippen LogP contribution >= 0.6 is 11.3 Å². The summed E-state index contributed by atoms with van der Waals surface area (Å²) >= 11 is 1.45. The van der Waals surface area contributed by atoms with E-state index in [1.54, 1.807) is 18.7 Å². The van der Waals surface area contributed by atoms with Crippen molar-refractivity contribution in [1.82, 2.24) is 14.5 Å². The number of ether oxygens (including phenoxy) is 1. The number of rotatable bonds is 8. The van der Waals surface area contributed by atoms with Crippen molar-refractivity contribution in [3.8, 4) is 10.4 Å². The van der Waals surface area contributed by atoms with Crippen LogP contribution in [0.2, 0.25) is 0 Å².